The highest BCUT2D eigenvalue weighted by molar-refractivity contribution is 5.94. The van der Waals surface area contributed by atoms with Crippen LogP contribution in [0, 0.1) is 18.7 Å². The van der Waals surface area contributed by atoms with Crippen LogP contribution < -0.4 is 0 Å². The molecule has 1 aliphatic heterocycles. The van der Waals surface area contributed by atoms with Crippen LogP contribution in [0.1, 0.15) is 41.9 Å². The molecule has 0 bridgehead atoms. The highest BCUT2D eigenvalue weighted by Crippen LogP contribution is 2.50. The molecule has 1 aliphatic carbocycles. The van der Waals surface area contributed by atoms with Gasteiger partial charge in [-0.2, -0.15) is 5.10 Å². The Morgan fingerprint density at radius 2 is 2.15 bits per heavy atom. The van der Waals surface area contributed by atoms with Crippen LogP contribution in [0.25, 0.3) is 11.3 Å². The highest BCUT2D eigenvalue weighted by atomic mass is 19.1. The molecule has 8 heteroatoms. The number of carbonyl (C=O) groups excluding carboxylic acids is 2. The number of nitrogens with one attached hydrogen (secondary N) is 1. The maximum Gasteiger partial charge on any atom is 0.308 e. The first-order chi connectivity index (χ1) is 12.9. The van der Waals surface area contributed by atoms with Gasteiger partial charge in [-0.3, -0.25) is 19.7 Å². The van der Waals surface area contributed by atoms with Crippen LogP contribution in [-0.4, -0.2) is 51.2 Å². The molecule has 2 aromatic heterocycles. The molecular formula is C19H21FN4O3. The first-order valence-corrected chi connectivity index (χ1v) is 9.01. The lowest BCUT2D eigenvalue weighted by molar-refractivity contribution is -0.147. The number of methoxy groups -OCH3 is 1. The molecule has 1 spiro atoms. The Hall–Kier alpha value is -2.77. The van der Waals surface area contributed by atoms with Gasteiger partial charge < -0.3 is 9.64 Å². The van der Waals surface area contributed by atoms with Crippen LogP contribution in [-0.2, 0) is 9.53 Å². The average molecular weight is 372 g/mol. The number of hydrogen-bond acceptors (Lipinski definition) is 5. The molecule has 7 nitrogen and oxygen atoms in total. The van der Waals surface area contributed by atoms with E-state index in [4.69, 9.17) is 4.74 Å². The fourth-order valence-corrected chi connectivity index (χ4v) is 3.95. The predicted octanol–water partition coefficient (Wildman–Crippen LogP) is 2.48. The summed E-state index contributed by atoms with van der Waals surface area (Å²) < 4.78 is 18.9. The summed E-state index contributed by atoms with van der Waals surface area (Å²) in [7, 11) is 1.39. The van der Waals surface area contributed by atoms with E-state index in [1.165, 1.54) is 7.11 Å². The van der Waals surface area contributed by atoms with Crippen LogP contribution in [0.4, 0.5) is 4.39 Å². The number of piperidine rings is 1. The lowest BCUT2D eigenvalue weighted by Gasteiger charge is -2.38. The van der Waals surface area contributed by atoms with E-state index in [0.717, 1.165) is 19.0 Å². The van der Waals surface area contributed by atoms with Crippen LogP contribution >= 0.6 is 0 Å². The van der Waals surface area contributed by atoms with Gasteiger partial charge in [0.15, 0.2) is 11.5 Å². The van der Waals surface area contributed by atoms with E-state index in [1.807, 2.05) is 4.90 Å². The molecule has 4 rings (SSSR count). The van der Waals surface area contributed by atoms with Crippen molar-refractivity contribution >= 4 is 11.9 Å². The van der Waals surface area contributed by atoms with Crippen molar-refractivity contribution < 1.29 is 18.7 Å². The molecule has 1 N–H and O–H groups in total. The molecular weight excluding hydrogens is 351 g/mol. The lowest BCUT2D eigenvalue weighted by atomic mass is 9.88. The quantitative estimate of drug-likeness (QED) is 0.837. The van der Waals surface area contributed by atoms with E-state index in [2.05, 4.69) is 15.2 Å². The molecule has 1 amide bonds. The molecule has 3 heterocycles. The Morgan fingerprint density at radius 1 is 1.37 bits per heavy atom. The molecule has 0 unspecified atom stereocenters. The summed E-state index contributed by atoms with van der Waals surface area (Å²) in [6.07, 6.45) is 4.11. The van der Waals surface area contributed by atoms with Gasteiger partial charge in [0.2, 0.25) is 0 Å². The number of amides is 1. The molecule has 0 radical (unpaired) electrons. The molecule has 1 atom stereocenters. The third-order valence-corrected chi connectivity index (χ3v) is 5.59. The van der Waals surface area contributed by atoms with Gasteiger partial charge in [0.25, 0.3) is 5.91 Å². The van der Waals surface area contributed by atoms with E-state index >= 15 is 0 Å². The summed E-state index contributed by atoms with van der Waals surface area (Å²) in [6, 6.07) is 3.18. The van der Waals surface area contributed by atoms with Gasteiger partial charge in [0, 0.05) is 23.3 Å². The number of H-pyrrole nitrogens is 1. The van der Waals surface area contributed by atoms with Crippen LogP contribution in [0.2, 0.25) is 0 Å². The molecule has 2 aromatic rings. The number of aromatic nitrogens is 3. The molecule has 2 fully saturated rings. The molecule has 142 valence electrons. The van der Waals surface area contributed by atoms with Gasteiger partial charge in [-0.1, -0.05) is 0 Å². The van der Waals surface area contributed by atoms with Gasteiger partial charge >= 0.3 is 5.97 Å². The summed E-state index contributed by atoms with van der Waals surface area (Å²) in [4.78, 5) is 30.6. The van der Waals surface area contributed by atoms with E-state index in [1.54, 1.807) is 19.1 Å². The number of pyridine rings is 1. The third kappa shape index (κ3) is 3.09. The van der Waals surface area contributed by atoms with Gasteiger partial charge in [0.05, 0.1) is 24.9 Å². The van der Waals surface area contributed by atoms with Crippen molar-refractivity contribution in [1.29, 1.82) is 0 Å². The molecule has 2 aliphatic rings. The Balaban J connectivity index is 1.55. The minimum absolute atomic E-state index is 0.162. The molecule has 1 saturated carbocycles. The van der Waals surface area contributed by atoms with Crippen molar-refractivity contribution in [2.24, 2.45) is 5.92 Å². The van der Waals surface area contributed by atoms with Crippen molar-refractivity contribution in [2.45, 2.75) is 38.1 Å². The van der Waals surface area contributed by atoms with Crippen molar-refractivity contribution in [3.63, 3.8) is 0 Å². The fourth-order valence-electron chi connectivity index (χ4n) is 3.95. The first kappa shape index (κ1) is 17.6. The van der Waals surface area contributed by atoms with Crippen LogP contribution in [0.3, 0.4) is 0 Å². The monoisotopic (exact) mass is 372 g/mol. The molecule has 27 heavy (non-hydrogen) atoms. The molecule has 1 saturated heterocycles. The number of carbonyl (C=O) groups is 2. The van der Waals surface area contributed by atoms with Crippen molar-refractivity contribution in [3.8, 4) is 11.3 Å². The number of rotatable bonds is 3. The fraction of sp³-hybridized carbons (Fsp3) is 0.474. The van der Waals surface area contributed by atoms with Gasteiger partial charge in [-0.15, -0.1) is 0 Å². The van der Waals surface area contributed by atoms with Crippen molar-refractivity contribution in [1.82, 2.24) is 20.1 Å². The largest absolute Gasteiger partial charge is 0.469 e. The number of halogens is 1. The number of aromatic amines is 1. The Labute approximate surface area is 155 Å². The van der Waals surface area contributed by atoms with E-state index in [-0.39, 0.29) is 29.0 Å². The van der Waals surface area contributed by atoms with E-state index in [9.17, 15) is 14.0 Å². The first-order valence-electron chi connectivity index (χ1n) is 9.01. The van der Waals surface area contributed by atoms with Crippen molar-refractivity contribution in [2.75, 3.05) is 13.7 Å². The third-order valence-electron chi connectivity index (χ3n) is 5.59. The topological polar surface area (TPSA) is 88.2 Å². The zero-order valence-electron chi connectivity index (χ0n) is 15.3. The number of esters is 1. The van der Waals surface area contributed by atoms with Crippen molar-refractivity contribution in [3.05, 3.63) is 35.5 Å². The standard InChI is InChI=1S/C19H21FN4O3/c1-11-7-13(14(20)10-21-11)15-8-16(23-22-15)17(25)24-6-3-12(18(26)27-2)9-19(24)4-5-19/h7-8,10,12H,3-6,9H2,1-2H3,(H,22,23)/t12-/m0/s1. The second-order valence-corrected chi connectivity index (χ2v) is 7.37. The zero-order valence-corrected chi connectivity index (χ0v) is 15.3. The Kier molecular flexibility index (Phi) is 4.20. The maximum atomic E-state index is 14.1. The van der Waals surface area contributed by atoms with E-state index in [0.29, 0.717) is 36.3 Å². The Bertz CT molecular complexity index is 906. The minimum Gasteiger partial charge on any atom is -0.469 e. The summed E-state index contributed by atoms with van der Waals surface area (Å²) in [6.45, 7) is 2.26. The lowest BCUT2D eigenvalue weighted by Crippen LogP contribution is -2.49. The summed E-state index contributed by atoms with van der Waals surface area (Å²) in [5.74, 6) is -1.03. The Morgan fingerprint density at radius 3 is 2.85 bits per heavy atom. The zero-order chi connectivity index (χ0) is 19.2. The number of ether oxygens (including phenoxy) is 1. The van der Waals surface area contributed by atoms with E-state index < -0.39 is 5.82 Å². The average Bonchev–Trinajstić information content (AvgIpc) is 3.25. The van der Waals surface area contributed by atoms with Crippen LogP contribution in [0.5, 0.6) is 0 Å². The van der Waals surface area contributed by atoms with Crippen LogP contribution in [0.15, 0.2) is 18.3 Å². The number of nitrogens with zero attached hydrogens (tertiary/aromatic N) is 3. The SMILES string of the molecule is COC(=O)[C@H]1CCN(C(=O)c2cc(-c3cc(C)ncc3F)[nH]n2)C2(CC2)C1. The number of aryl methyl sites for hydroxylation is 1. The predicted molar refractivity (Wildman–Crippen MR) is 94.3 cm³/mol. The smallest absolute Gasteiger partial charge is 0.308 e. The number of likely N-dealkylation sites (tertiary alicyclic amines) is 1. The van der Waals surface area contributed by atoms with Gasteiger partial charge in [-0.25, -0.2) is 4.39 Å². The highest BCUT2D eigenvalue weighted by Gasteiger charge is 2.55. The summed E-state index contributed by atoms with van der Waals surface area (Å²) in [5.41, 5.74) is 1.43. The summed E-state index contributed by atoms with van der Waals surface area (Å²) >= 11 is 0. The number of hydrogen-bond donors (Lipinski definition) is 1. The normalized spacial score (nSPS) is 20.6. The van der Waals surface area contributed by atoms with Gasteiger partial charge in [0.1, 0.15) is 0 Å². The second kappa shape index (κ2) is 6.44. The second-order valence-electron chi connectivity index (χ2n) is 7.37. The summed E-state index contributed by atoms with van der Waals surface area (Å²) in [5, 5.41) is 6.86. The minimum atomic E-state index is -0.471. The van der Waals surface area contributed by atoms with Gasteiger partial charge in [-0.05, 0) is 44.7 Å². The molecule has 0 aromatic carbocycles. The maximum absolute atomic E-state index is 14.1.